The number of carbonyl (C=O) groups excluding carboxylic acids is 3. The van der Waals surface area contributed by atoms with Crippen LogP contribution >= 0.6 is 0 Å². The van der Waals surface area contributed by atoms with Crippen LogP contribution < -0.4 is 16.8 Å². The molecular formula is C10H15N3O5. The van der Waals surface area contributed by atoms with Gasteiger partial charge in [0.2, 0.25) is 0 Å². The lowest BCUT2D eigenvalue weighted by Gasteiger charge is -1.88. The third-order valence-electron chi connectivity index (χ3n) is 1.04. The van der Waals surface area contributed by atoms with Crippen LogP contribution in [0.4, 0.5) is 9.59 Å². The van der Waals surface area contributed by atoms with Gasteiger partial charge in [-0.2, -0.15) is 5.26 Å². The lowest BCUT2D eigenvalue weighted by molar-refractivity contribution is -0.231. The van der Waals surface area contributed by atoms with Crippen LogP contribution in [0.15, 0.2) is 36.4 Å². The Labute approximate surface area is 103 Å². The maximum Gasteiger partial charge on any atom is 0.339 e. The number of imide groups is 1. The van der Waals surface area contributed by atoms with Gasteiger partial charge in [-0.15, -0.1) is 0 Å². The van der Waals surface area contributed by atoms with Gasteiger partial charge in [-0.1, -0.05) is 36.4 Å². The standard InChI is InChI=1S/C6H6.C2H5N3O2.C2H4O3/c1-2-4-6-5-3-1;3-1(6)5-2(4)7;1-2(3)5-4/h1-6H;(H5,3,4,5,6,7);4H,1H3. The van der Waals surface area contributed by atoms with Crippen LogP contribution in [0.1, 0.15) is 6.92 Å². The number of primary amides is 2. The summed E-state index contributed by atoms with van der Waals surface area (Å²) in [5, 5.41) is 8.88. The summed E-state index contributed by atoms with van der Waals surface area (Å²) in [5.41, 5.74) is 8.88. The number of nitrogens with two attached hydrogens (primary N) is 2. The van der Waals surface area contributed by atoms with Crippen LogP contribution in [-0.4, -0.2) is 23.3 Å². The van der Waals surface area contributed by atoms with Crippen molar-refractivity contribution in [3.8, 4) is 0 Å². The average Bonchev–Trinajstić information content (AvgIpc) is 2.31. The Morgan fingerprint density at radius 3 is 1.22 bits per heavy atom. The molecule has 0 aliphatic rings. The molecule has 1 aromatic carbocycles. The molecule has 0 aromatic heterocycles. The van der Waals surface area contributed by atoms with Gasteiger partial charge in [0.1, 0.15) is 0 Å². The molecular weight excluding hydrogens is 242 g/mol. The fraction of sp³-hybridized carbons (Fsp3) is 0.100. The zero-order chi connectivity index (χ0) is 14.4. The molecule has 0 radical (unpaired) electrons. The zero-order valence-electron chi connectivity index (χ0n) is 9.70. The highest BCUT2D eigenvalue weighted by Gasteiger charge is 1.92. The summed E-state index contributed by atoms with van der Waals surface area (Å²) in [7, 11) is 0. The molecule has 0 aliphatic carbocycles. The maximum atomic E-state index is 9.62. The van der Waals surface area contributed by atoms with Crippen molar-refractivity contribution in [1.82, 2.24) is 5.32 Å². The molecule has 0 aliphatic heterocycles. The van der Waals surface area contributed by atoms with Gasteiger partial charge >= 0.3 is 18.0 Å². The quantitative estimate of drug-likeness (QED) is 0.393. The van der Waals surface area contributed by atoms with Gasteiger partial charge in [0.25, 0.3) is 0 Å². The molecule has 18 heavy (non-hydrogen) atoms. The van der Waals surface area contributed by atoms with E-state index in [1.165, 1.54) is 0 Å². The van der Waals surface area contributed by atoms with Gasteiger partial charge in [-0.25, -0.2) is 14.4 Å². The number of rotatable bonds is 0. The lowest BCUT2D eigenvalue weighted by atomic mass is 10.4. The molecule has 0 spiro atoms. The second kappa shape index (κ2) is 12.5. The SMILES string of the molecule is CC(=O)OO.NC(=O)NC(N)=O.c1ccccc1. The van der Waals surface area contributed by atoms with Crippen molar-refractivity contribution in [3.63, 3.8) is 0 Å². The number of hydrogen-bond donors (Lipinski definition) is 4. The van der Waals surface area contributed by atoms with Crippen molar-refractivity contribution in [2.75, 3.05) is 0 Å². The summed E-state index contributed by atoms with van der Waals surface area (Å²) in [4.78, 5) is 31.7. The minimum Gasteiger partial charge on any atom is -0.351 e. The van der Waals surface area contributed by atoms with Crippen LogP contribution in [0.5, 0.6) is 0 Å². The highest BCUT2D eigenvalue weighted by molar-refractivity contribution is 5.91. The lowest BCUT2D eigenvalue weighted by Crippen LogP contribution is -2.38. The molecule has 8 heteroatoms. The predicted molar refractivity (Wildman–Crippen MR) is 63.1 cm³/mol. The maximum absolute atomic E-state index is 9.62. The molecule has 0 fully saturated rings. The molecule has 0 bridgehead atoms. The normalized spacial score (nSPS) is 7.44. The molecule has 1 aromatic rings. The molecule has 1 rings (SSSR count). The number of carbonyl (C=O) groups is 3. The van der Waals surface area contributed by atoms with Crippen LogP contribution in [0.25, 0.3) is 0 Å². The molecule has 0 unspecified atom stereocenters. The largest absolute Gasteiger partial charge is 0.351 e. The minimum atomic E-state index is -0.938. The van der Waals surface area contributed by atoms with Crippen molar-refractivity contribution < 1.29 is 24.5 Å². The summed E-state index contributed by atoms with van der Waals surface area (Å²) in [6.07, 6.45) is 0. The Morgan fingerprint density at radius 2 is 1.17 bits per heavy atom. The Hall–Kier alpha value is -2.61. The molecule has 0 atom stereocenters. The molecule has 6 N–H and O–H groups in total. The highest BCUT2D eigenvalue weighted by Crippen LogP contribution is 1.79. The Balaban J connectivity index is 0. The van der Waals surface area contributed by atoms with E-state index in [1.54, 1.807) is 5.32 Å². The number of nitrogens with one attached hydrogen (secondary N) is 1. The van der Waals surface area contributed by atoms with Crippen LogP contribution in [0.2, 0.25) is 0 Å². The fourth-order valence-corrected chi connectivity index (χ4v) is 0.506. The van der Waals surface area contributed by atoms with Crippen LogP contribution in [-0.2, 0) is 9.68 Å². The van der Waals surface area contributed by atoms with Crippen LogP contribution in [0, 0.1) is 0 Å². The van der Waals surface area contributed by atoms with Crippen molar-refractivity contribution in [3.05, 3.63) is 36.4 Å². The van der Waals surface area contributed by atoms with E-state index in [0.29, 0.717) is 0 Å². The first-order chi connectivity index (χ1) is 8.40. The molecule has 8 nitrogen and oxygen atoms in total. The summed E-state index contributed by atoms with van der Waals surface area (Å²) in [6, 6.07) is 10.1. The van der Waals surface area contributed by atoms with Crippen molar-refractivity contribution in [2.45, 2.75) is 6.92 Å². The van der Waals surface area contributed by atoms with Gasteiger partial charge in [-0.3, -0.25) is 5.32 Å². The second-order valence-corrected chi connectivity index (χ2v) is 2.59. The van der Waals surface area contributed by atoms with Gasteiger partial charge in [0.05, 0.1) is 0 Å². The second-order valence-electron chi connectivity index (χ2n) is 2.59. The minimum absolute atomic E-state index is 0.690. The molecule has 0 saturated heterocycles. The fourth-order valence-electron chi connectivity index (χ4n) is 0.506. The van der Waals surface area contributed by atoms with Crippen molar-refractivity contribution >= 4 is 18.0 Å². The first-order valence-electron chi connectivity index (χ1n) is 4.58. The molecule has 4 amide bonds. The third-order valence-corrected chi connectivity index (χ3v) is 1.04. The van der Waals surface area contributed by atoms with E-state index in [4.69, 9.17) is 5.26 Å². The van der Waals surface area contributed by atoms with E-state index in [1.807, 2.05) is 36.4 Å². The predicted octanol–water partition coefficient (Wildman–Crippen LogP) is 0.443. The number of amides is 4. The summed E-state index contributed by atoms with van der Waals surface area (Å²) >= 11 is 0. The van der Waals surface area contributed by atoms with E-state index in [2.05, 4.69) is 16.4 Å². The monoisotopic (exact) mass is 257 g/mol. The molecule has 0 heterocycles. The van der Waals surface area contributed by atoms with E-state index >= 15 is 0 Å². The smallest absolute Gasteiger partial charge is 0.339 e. The van der Waals surface area contributed by atoms with Gasteiger partial charge < -0.3 is 16.4 Å². The number of hydrogen-bond acceptors (Lipinski definition) is 5. The van der Waals surface area contributed by atoms with Gasteiger partial charge in [0.15, 0.2) is 0 Å². The molecule has 100 valence electrons. The van der Waals surface area contributed by atoms with Crippen LogP contribution in [0.3, 0.4) is 0 Å². The average molecular weight is 257 g/mol. The summed E-state index contributed by atoms with van der Waals surface area (Å²) in [6.45, 7) is 1.11. The highest BCUT2D eigenvalue weighted by atomic mass is 17.1. The number of benzene rings is 1. The van der Waals surface area contributed by atoms with Gasteiger partial charge in [0, 0.05) is 6.92 Å². The van der Waals surface area contributed by atoms with E-state index in [-0.39, 0.29) is 0 Å². The number of urea groups is 2. The first-order valence-corrected chi connectivity index (χ1v) is 4.58. The Morgan fingerprint density at radius 1 is 0.944 bits per heavy atom. The summed E-state index contributed by atoms with van der Waals surface area (Å²) in [5.74, 6) is -0.690. The molecule has 0 saturated carbocycles. The van der Waals surface area contributed by atoms with Gasteiger partial charge in [-0.05, 0) is 0 Å². The summed E-state index contributed by atoms with van der Waals surface area (Å²) < 4.78 is 0. The van der Waals surface area contributed by atoms with E-state index in [0.717, 1.165) is 6.92 Å². The third kappa shape index (κ3) is 23.3. The Kier molecular flexibility index (Phi) is 12.3. The van der Waals surface area contributed by atoms with E-state index < -0.39 is 18.0 Å². The Bertz CT molecular complexity index is 317. The van der Waals surface area contributed by atoms with Crippen molar-refractivity contribution in [2.24, 2.45) is 11.5 Å². The zero-order valence-corrected chi connectivity index (χ0v) is 9.70. The first kappa shape index (κ1) is 17.8. The topological polar surface area (TPSA) is 145 Å². The van der Waals surface area contributed by atoms with Crippen molar-refractivity contribution in [1.29, 1.82) is 0 Å². The van der Waals surface area contributed by atoms with E-state index in [9.17, 15) is 14.4 Å².